The molecule has 1 atom stereocenters. The minimum Gasteiger partial charge on any atom is -0.316 e. The van der Waals surface area contributed by atoms with Crippen molar-refractivity contribution in [2.45, 2.75) is 40.0 Å². The molecule has 1 heteroatoms. The van der Waals surface area contributed by atoms with E-state index in [1.165, 1.54) is 30.4 Å². The van der Waals surface area contributed by atoms with Gasteiger partial charge in [0.1, 0.15) is 0 Å². The predicted molar refractivity (Wildman–Crippen MR) is 71.8 cm³/mol. The van der Waals surface area contributed by atoms with Gasteiger partial charge in [0.2, 0.25) is 0 Å². The van der Waals surface area contributed by atoms with E-state index in [9.17, 15) is 0 Å². The van der Waals surface area contributed by atoms with E-state index in [1.54, 1.807) is 0 Å². The lowest BCUT2D eigenvalue weighted by atomic mass is 9.96. The Morgan fingerprint density at radius 1 is 1.25 bits per heavy atom. The summed E-state index contributed by atoms with van der Waals surface area (Å²) in [5.41, 5.74) is 2.85. The number of rotatable bonds is 7. The van der Waals surface area contributed by atoms with Gasteiger partial charge in [0, 0.05) is 0 Å². The molecule has 0 aromatic heterocycles. The first-order chi connectivity index (χ1) is 7.76. The minimum atomic E-state index is 0.772. The molecule has 0 aliphatic carbocycles. The van der Waals surface area contributed by atoms with Crippen LogP contribution in [0.2, 0.25) is 0 Å². The number of aryl methyl sites for hydroxylation is 1. The van der Waals surface area contributed by atoms with Crippen molar-refractivity contribution in [1.29, 1.82) is 0 Å². The van der Waals surface area contributed by atoms with Crippen molar-refractivity contribution in [2.75, 3.05) is 13.1 Å². The van der Waals surface area contributed by atoms with E-state index in [2.05, 4.69) is 50.4 Å². The summed E-state index contributed by atoms with van der Waals surface area (Å²) in [5.74, 6) is 0.772. The lowest BCUT2D eigenvalue weighted by Gasteiger charge is -2.15. The molecule has 0 saturated carbocycles. The second-order valence-corrected chi connectivity index (χ2v) is 4.67. The molecule has 0 aliphatic rings. The number of hydrogen-bond acceptors (Lipinski definition) is 1. The maximum absolute atomic E-state index is 3.52. The van der Waals surface area contributed by atoms with Gasteiger partial charge >= 0.3 is 0 Å². The van der Waals surface area contributed by atoms with Crippen LogP contribution in [0, 0.1) is 12.8 Å². The van der Waals surface area contributed by atoms with Crippen molar-refractivity contribution >= 4 is 0 Å². The van der Waals surface area contributed by atoms with Crippen LogP contribution in [0.5, 0.6) is 0 Å². The van der Waals surface area contributed by atoms with Crippen LogP contribution < -0.4 is 5.32 Å². The average molecular weight is 219 g/mol. The molecule has 90 valence electrons. The highest BCUT2D eigenvalue weighted by molar-refractivity contribution is 5.22. The van der Waals surface area contributed by atoms with Crippen molar-refractivity contribution in [1.82, 2.24) is 5.32 Å². The molecule has 0 spiro atoms. The number of nitrogens with one attached hydrogen (secondary N) is 1. The van der Waals surface area contributed by atoms with Gasteiger partial charge in [-0.2, -0.15) is 0 Å². The molecule has 16 heavy (non-hydrogen) atoms. The van der Waals surface area contributed by atoms with Crippen LogP contribution in [0.1, 0.15) is 37.8 Å². The molecule has 0 radical (unpaired) electrons. The van der Waals surface area contributed by atoms with Gasteiger partial charge in [-0.1, -0.05) is 50.1 Å². The van der Waals surface area contributed by atoms with Gasteiger partial charge < -0.3 is 5.32 Å². The fourth-order valence-electron chi connectivity index (χ4n) is 2.02. The van der Waals surface area contributed by atoms with Crippen LogP contribution in [0.4, 0.5) is 0 Å². The van der Waals surface area contributed by atoms with Crippen molar-refractivity contribution < 1.29 is 0 Å². The first kappa shape index (κ1) is 13.2. The topological polar surface area (TPSA) is 12.0 Å². The van der Waals surface area contributed by atoms with E-state index < -0.39 is 0 Å². The van der Waals surface area contributed by atoms with Crippen LogP contribution in [-0.2, 0) is 6.42 Å². The second kappa shape index (κ2) is 7.45. The predicted octanol–water partition coefficient (Wildman–Crippen LogP) is 3.56. The Hall–Kier alpha value is -0.820. The molecule has 1 unspecified atom stereocenters. The van der Waals surface area contributed by atoms with E-state index in [4.69, 9.17) is 0 Å². The van der Waals surface area contributed by atoms with Crippen LogP contribution in [0.15, 0.2) is 24.3 Å². The second-order valence-electron chi connectivity index (χ2n) is 4.67. The van der Waals surface area contributed by atoms with Gasteiger partial charge in [0.05, 0.1) is 0 Å². The average Bonchev–Trinajstić information content (AvgIpc) is 2.28. The summed E-state index contributed by atoms with van der Waals surface area (Å²) < 4.78 is 0. The molecule has 0 heterocycles. The fourth-order valence-corrected chi connectivity index (χ4v) is 2.02. The Bertz CT molecular complexity index is 293. The van der Waals surface area contributed by atoms with Gasteiger partial charge in [-0.25, -0.2) is 0 Å². The highest BCUT2D eigenvalue weighted by atomic mass is 14.8. The molecule has 1 aromatic rings. The van der Waals surface area contributed by atoms with Crippen LogP contribution in [0.3, 0.4) is 0 Å². The van der Waals surface area contributed by atoms with Crippen molar-refractivity contribution in [2.24, 2.45) is 5.92 Å². The quantitative estimate of drug-likeness (QED) is 0.691. The normalized spacial score (nSPS) is 12.7. The Balaban J connectivity index is 2.43. The van der Waals surface area contributed by atoms with E-state index in [1.807, 2.05) is 0 Å². The fraction of sp³-hybridized carbons (Fsp3) is 0.600. The Morgan fingerprint density at radius 3 is 2.69 bits per heavy atom. The van der Waals surface area contributed by atoms with E-state index >= 15 is 0 Å². The van der Waals surface area contributed by atoms with Gasteiger partial charge in [-0.05, 0) is 44.3 Å². The van der Waals surface area contributed by atoms with Gasteiger partial charge in [0.15, 0.2) is 0 Å². The van der Waals surface area contributed by atoms with Crippen LogP contribution in [-0.4, -0.2) is 13.1 Å². The summed E-state index contributed by atoms with van der Waals surface area (Å²) in [6.45, 7) is 8.96. The van der Waals surface area contributed by atoms with Gasteiger partial charge in [-0.3, -0.25) is 0 Å². The molecule has 0 fully saturated rings. The summed E-state index contributed by atoms with van der Waals surface area (Å²) in [7, 11) is 0. The molecule has 0 amide bonds. The van der Waals surface area contributed by atoms with Crippen LogP contribution >= 0.6 is 0 Å². The Kier molecular flexibility index (Phi) is 6.17. The molecular weight excluding hydrogens is 194 g/mol. The summed E-state index contributed by atoms with van der Waals surface area (Å²) in [6, 6.07) is 8.88. The Morgan fingerprint density at radius 2 is 2.06 bits per heavy atom. The first-order valence-electron chi connectivity index (χ1n) is 6.52. The maximum Gasteiger partial charge on any atom is -0.00174 e. The summed E-state index contributed by atoms with van der Waals surface area (Å²) in [4.78, 5) is 0. The molecular formula is C15H25N. The monoisotopic (exact) mass is 219 g/mol. The zero-order valence-corrected chi connectivity index (χ0v) is 10.9. The van der Waals surface area contributed by atoms with E-state index in [-0.39, 0.29) is 0 Å². The molecule has 1 N–H and O–H groups in total. The molecule has 1 rings (SSSR count). The highest BCUT2D eigenvalue weighted by Crippen LogP contribution is 2.12. The maximum atomic E-state index is 3.52. The van der Waals surface area contributed by atoms with E-state index in [0.29, 0.717) is 0 Å². The smallest absolute Gasteiger partial charge is 0.00174 e. The zero-order valence-electron chi connectivity index (χ0n) is 10.9. The highest BCUT2D eigenvalue weighted by Gasteiger charge is 2.06. The summed E-state index contributed by atoms with van der Waals surface area (Å²) in [6.07, 6.45) is 3.68. The zero-order chi connectivity index (χ0) is 11.8. The third kappa shape index (κ3) is 4.80. The minimum absolute atomic E-state index is 0.772. The van der Waals surface area contributed by atoms with Gasteiger partial charge in [0.25, 0.3) is 0 Å². The standard InChI is InChI=1S/C15H25N/c1-4-9-16-12-14(5-2)11-15-8-6-7-13(3)10-15/h6-8,10,14,16H,4-5,9,11-12H2,1-3H3. The van der Waals surface area contributed by atoms with Crippen molar-refractivity contribution in [3.8, 4) is 0 Å². The SMILES string of the molecule is CCCNCC(CC)Cc1cccc(C)c1. The van der Waals surface area contributed by atoms with Crippen molar-refractivity contribution in [3.63, 3.8) is 0 Å². The number of hydrogen-bond donors (Lipinski definition) is 1. The molecule has 1 nitrogen and oxygen atoms in total. The molecule has 0 saturated heterocycles. The van der Waals surface area contributed by atoms with Crippen LogP contribution in [0.25, 0.3) is 0 Å². The summed E-state index contributed by atoms with van der Waals surface area (Å²) in [5, 5.41) is 3.52. The molecule has 1 aromatic carbocycles. The third-order valence-corrected chi connectivity index (χ3v) is 3.04. The lowest BCUT2D eigenvalue weighted by Crippen LogP contribution is -2.24. The van der Waals surface area contributed by atoms with Crippen molar-refractivity contribution in [3.05, 3.63) is 35.4 Å². The Labute approximate surface area is 100 Å². The molecule has 0 bridgehead atoms. The van der Waals surface area contributed by atoms with E-state index in [0.717, 1.165) is 19.0 Å². The lowest BCUT2D eigenvalue weighted by molar-refractivity contribution is 0.460. The third-order valence-electron chi connectivity index (χ3n) is 3.04. The summed E-state index contributed by atoms with van der Waals surface area (Å²) >= 11 is 0. The molecule has 0 aliphatic heterocycles. The van der Waals surface area contributed by atoms with Gasteiger partial charge in [-0.15, -0.1) is 0 Å². The number of benzene rings is 1. The largest absolute Gasteiger partial charge is 0.316 e. The first-order valence-corrected chi connectivity index (χ1v) is 6.52.